The predicted octanol–water partition coefficient (Wildman–Crippen LogP) is 3.10. The van der Waals surface area contributed by atoms with Crippen molar-refractivity contribution in [2.45, 2.75) is 45.8 Å². The Hall–Kier alpha value is -1.29. The fourth-order valence-electron chi connectivity index (χ4n) is 2.40. The minimum absolute atomic E-state index is 0.156. The van der Waals surface area contributed by atoms with Crippen LogP contribution < -0.4 is 10.1 Å². The van der Waals surface area contributed by atoms with Gasteiger partial charge in [-0.1, -0.05) is 0 Å². The van der Waals surface area contributed by atoms with Crippen LogP contribution in [-0.4, -0.2) is 30.3 Å². The van der Waals surface area contributed by atoms with Crippen molar-refractivity contribution < 1.29 is 9.47 Å². The molecule has 0 aromatic carbocycles. The number of ether oxygens (including phenoxy) is 2. The van der Waals surface area contributed by atoms with Crippen molar-refractivity contribution in [2.24, 2.45) is 5.92 Å². The van der Waals surface area contributed by atoms with E-state index in [4.69, 9.17) is 9.47 Å². The second-order valence-electron chi connectivity index (χ2n) is 5.40. The molecule has 0 radical (unpaired) electrons. The number of anilines is 1. The molecule has 0 aliphatic carbocycles. The van der Waals surface area contributed by atoms with Crippen molar-refractivity contribution in [3.05, 3.63) is 18.3 Å². The van der Waals surface area contributed by atoms with Crippen molar-refractivity contribution in [1.82, 2.24) is 4.98 Å². The number of nitrogens with one attached hydrogen (secondary N) is 1. The van der Waals surface area contributed by atoms with Crippen LogP contribution >= 0.6 is 0 Å². The highest BCUT2D eigenvalue weighted by Gasteiger charge is 2.21. The van der Waals surface area contributed by atoms with E-state index < -0.39 is 0 Å². The van der Waals surface area contributed by atoms with E-state index in [0.29, 0.717) is 12.0 Å². The zero-order chi connectivity index (χ0) is 13.7. The van der Waals surface area contributed by atoms with Crippen molar-refractivity contribution in [1.29, 1.82) is 0 Å². The quantitative estimate of drug-likeness (QED) is 0.887. The molecule has 4 heteroatoms. The Morgan fingerprint density at radius 2 is 2.05 bits per heavy atom. The third-order valence-corrected chi connectivity index (χ3v) is 3.47. The van der Waals surface area contributed by atoms with Crippen LogP contribution in [0, 0.1) is 5.92 Å². The lowest BCUT2D eigenvalue weighted by Gasteiger charge is -2.29. The predicted molar refractivity (Wildman–Crippen MR) is 76.6 cm³/mol. The Balaban J connectivity index is 2.01. The molecule has 0 bridgehead atoms. The molecular formula is C15H24N2O2. The zero-order valence-corrected chi connectivity index (χ0v) is 12.1. The van der Waals surface area contributed by atoms with Gasteiger partial charge in [-0.3, -0.25) is 0 Å². The normalized spacial score (nSPS) is 18.3. The fourth-order valence-corrected chi connectivity index (χ4v) is 2.40. The van der Waals surface area contributed by atoms with Gasteiger partial charge in [0.25, 0.3) is 0 Å². The molecule has 106 valence electrons. The smallest absolute Gasteiger partial charge is 0.168 e. The summed E-state index contributed by atoms with van der Waals surface area (Å²) in [5.74, 6) is 2.31. The van der Waals surface area contributed by atoms with Gasteiger partial charge in [0.15, 0.2) is 11.6 Å². The van der Waals surface area contributed by atoms with E-state index in [2.05, 4.69) is 17.2 Å². The monoisotopic (exact) mass is 264 g/mol. The molecule has 1 saturated heterocycles. The molecule has 19 heavy (non-hydrogen) atoms. The Morgan fingerprint density at radius 1 is 1.32 bits per heavy atom. The molecule has 2 rings (SSSR count). The van der Waals surface area contributed by atoms with E-state index in [1.807, 2.05) is 26.0 Å². The van der Waals surface area contributed by atoms with Crippen LogP contribution in [0.25, 0.3) is 0 Å². The first kappa shape index (κ1) is 14.1. The number of hydrogen-bond acceptors (Lipinski definition) is 4. The van der Waals surface area contributed by atoms with Gasteiger partial charge in [-0.05, 0) is 51.7 Å². The lowest BCUT2D eigenvalue weighted by molar-refractivity contribution is 0.0621. The highest BCUT2D eigenvalue weighted by Crippen LogP contribution is 2.26. The number of nitrogens with zero attached hydrogens (tertiary/aromatic N) is 1. The molecule has 1 unspecified atom stereocenters. The second kappa shape index (κ2) is 6.75. The Bertz CT molecular complexity index is 389. The number of rotatable bonds is 5. The molecule has 4 nitrogen and oxygen atoms in total. The summed E-state index contributed by atoms with van der Waals surface area (Å²) in [5, 5.41) is 3.49. The van der Waals surface area contributed by atoms with Gasteiger partial charge in [-0.15, -0.1) is 0 Å². The fraction of sp³-hybridized carbons (Fsp3) is 0.667. The summed E-state index contributed by atoms with van der Waals surface area (Å²) in [5.41, 5.74) is 0. The molecule has 1 N–H and O–H groups in total. The van der Waals surface area contributed by atoms with Gasteiger partial charge in [0.1, 0.15) is 0 Å². The molecule has 1 atom stereocenters. The first-order valence-electron chi connectivity index (χ1n) is 7.12. The maximum absolute atomic E-state index is 5.78. The minimum atomic E-state index is 0.156. The van der Waals surface area contributed by atoms with Gasteiger partial charge in [0.2, 0.25) is 0 Å². The summed E-state index contributed by atoms with van der Waals surface area (Å²) in [6, 6.07) is 4.25. The standard InChI is InChI=1S/C15H24N2O2/c1-11(2)19-14-5-4-8-16-15(14)17-12(3)13-6-9-18-10-7-13/h4-5,8,11-13H,6-7,9-10H2,1-3H3,(H,16,17). The van der Waals surface area contributed by atoms with E-state index in [9.17, 15) is 0 Å². The van der Waals surface area contributed by atoms with Crippen LogP contribution in [0.1, 0.15) is 33.6 Å². The Labute approximate surface area is 115 Å². The van der Waals surface area contributed by atoms with Gasteiger partial charge in [-0.2, -0.15) is 0 Å². The molecule has 0 amide bonds. The molecule has 1 aliphatic rings. The number of pyridine rings is 1. The Kier molecular flexibility index (Phi) is 5.02. The van der Waals surface area contributed by atoms with Crippen LogP contribution in [0.15, 0.2) is 18.3 Å². The molecule has 1 aromatic rings. The number of hydrogen-bond donors (Lipinski definition) is 1. The molecule has 1 aliphatic heterocycles. The summed E-state index contributed by atoms with van der Waals surface area (Å²) < 4.78 is 11.2. The maximum Gasteiger partial charge on any atom is 0.168 e. The summed E-state index contributed by atoms with van der Waals surface area (Å²) >= 11 is 0. The van der Waals surface area contributed by atoms with E-state index >= 15 is 0 Å². The molecule has 1 fully saturated rings. The largest absolute Gasteiger partial charge is 0.487 e. The Morgan fingerprint density at radius 3 is 2.74 bits per heavy atom. The molecule has 0 spiro atoms. The molecule has 2 heterocycles. The van der Waals surface area contributed by atoms with Crippen LogP contribution in [0.3, 0.4) is 0 Å². The van der Waals surface area contributed by atoms with E-state index in [1.54, 1.807) is 6.20 Å². The summed E-state index contributed by atoms with van der Waals surface area (Å²) in [7, 11) is 0. The van der Waals surface area contributed by atoms with Crippen molar-refractivity contribution >= 4 is 5.82 Å². The summed E-state index contributed by atoms with van der Waals surface area (Å²) in [6.45, 7) is 8.00. The van der Waals surface area contributed by atoms with Crippen LogP contribution in [0.2, 0.25) is 0 Å². The van der Waals surface area contributed by atoms with Gasteiger partial charge in [0.05, 0.1) is 6.10 Å². The van der Waals surface area contributed by atoms with Crippen molar-refractivity contribution in [3.8, 4) is 5.75 Å². The molecule has 1 aromatic heterocycles. The average Bonchev–Trinajstić information content (AvgIpc) is 2.41. The van der Waals surface area contributed by atoms with E-state index in [1.165, 1.54) is 0 Å². The first-order chi connectivity index (χ1) is 9.16. The lowest BCUT2D eigenvalue weighted by Crippen LogP contribution is -2.31. The van der Waals surface area contributed by atoms with Crippen molar-refractivity contribution in [2.75, 3.05) is 18.5 Å². The van der Waals surface area contributed by atoms with E-state index in [0.717, 1.165) is 37.6 Å². The molecular weight excluding hydrogens is 240 g/mol. The lowest BCUT2D eigenvalue weighted by atomic mass is 9.93. The summed E-state index contributed by atoms with van der Waals surface area (Å²) in [4.78, 5) is 4.40. The maximum atomic E-state index is 5.78. The SMILES string of the molecule is CC(C)Oc1cccnc1NC(C)C1CCOCC1. The topological polar surface area (TPSA) is 43.4 Å². The highest BCUT2D eigenvalue weighted by molar-refractivity contribution is 5.50. The summed E-state index contributed by atoms with van der Waals surface area (Å²) in [6.07, 6.45) is 4.18. The van der Waals surface area contributed by atoms with Crippen LogP contribution in [0.4, 0.5) is 5.82 Å². The highest BCUT2D eigenvalue weighted by atomic mass is 16.5. The van der Waals surface area contributed by atoms with Gasteiger partial charge in [-0.25, -0.2) is 4.98 Å². The zero-order valence-electron chi connectivity index (χ0n) is 12.1. The van der Waals surface area contributed by atoms with Gasteiger partial charge in [0, 0.05) is 25.5 Å². The minimum Gasteiger partial charge on any atom is -0.487 e. The third-order valence-electron chi connectivity index (χ3n) is 3.47. The first-order valence-corrected chi connectivity index (χ1v) is 7.12. The van der Waals surface area contributed by atoms with Gasteiger partial charge < -0.3 is 14.8 Å². The average molecular weight is 264 g/mol. The number of aromatic nitrogens is 1. The van der Waals surface area contributed by atoms with E-state index in [-0.39, 0.29) is 6.10 Å². The van der Waals surface area contributed by atoms with Crippen molar-refractivity contribution in [3.63, 3.8) is 0 Å². The van der Waals surface area contributed by atoms with Crippen LogP contribution in [-0.2, 0) is 4.74 Å². The van der Waals surface area contributed by atoms with Crippen LogP contribution in [0.5, 0.6) is 5.75 Å². The second-order valence-corrected chi connectivity index (χ2v) is 5.40. The third kappa shape index (κ3) is 4.10. The van der Waals surface area contributed by atoms with Gasteiger partial charge >= 0.3 is 0 Å². The molecule has 0 saturated carbocycles.